The van der Waals surface area contributed by atoms with Crippen LogP contribution in [0.4, 0.5) is 8.78 Å². The summed E-state index contributed by atoms with van der Waals surface area (Å²) in [6.07, 6.45) is 0. The molecule has 0 aliphatic rings. The Morgan fingerprint density at radius 3 is 1.73 bits per heavy atom. The number of ether oxygens (including phenoxy) is 1. The average Bonchev–Trinajstić information content (AvgIpc) is 2.76. The van der Waals surface area contributed by atoms with E-state index in [-0.39, 0.29) is 41.7 Å². The van der Waals surface area contributed by atoms with Gasteiger partial charge in [-0.1, -0.05) is 84.9 Å². The number of carbonyl (C=O) groups is 1. The van der Waals surface area contributed by atoms with Crippen molar-refractivity contribution in [2.45, 2.75) is 24.0 Å². The number of hydrogen-bond acceptors (Lipinski definition) is 4. The zero-order valence-electron chi connectivity index (χ0n) is 18.2. The van der Waals surface area contributed by atoms with E-state index in [0.717, 1.165) is 11.1 Å². The minimum absolute atomic E-state index is 0. The van der Waals surface area contributed by atoms with Gasteiger partial charge in [0.1, 0.15) is 0 Å². The molecule has 3 rings (SSSR count). The fourth-order valence-electron chi connectivity index (χ4n) is 3.70. The fourth-order valence-corrected chi connectivity index (χ4v) is 4.22. The smallest absolute Gasteiger partial charge is 0.387 e. The minimum atomic E-state index is -5.92. The topological polar surface area (TPSA) is 80.7 Å². The molecule has 0 aliphatic heterocycles. The van der Waals surface area contributed by atoms with Gasteiger partial charge in [0.25, 0.3) is 0 Å². The molecule has 0 aliphatic carbocycles. The zero-order valence-corrected chi connectivity index (χ0v) is 21.0. The van der Waals surface area contributed by atoms with Crippen molar-refractivity contribution in [2.75, 3.05) is 6.61 Å². The molecule has 0 heterocycles. The van der Waals surface area contributed by atoms with Crippen molar-refractivity contribution >= 4 is 45.6 Å². The number of rotatable bonds is 8. The molecule has 0 bridgehead atoms. The summed E-state index contributed by atoms with van der Waals surface area (Å²) < 4.78 is 67.2. The van der Waals surface area contributed by atoms with Gasteiger partial charge < -0.3 is 4.74 Å². The minimum Gasteiger partial charge on any atom is -0.465 e. The number of carbonyl (C=O) groups excluding carboxylic acids is 1. The first-order valence-corrected chi connectivity index (χ1v) is 11.3. The summed E-state index contributed by atoms with van der Waals surface area (Å²) in [5.74, 6) is -4.58. The molecule has 169 valence electrons. The third-order valence-electron chi connectivity index (χ3n) is 5.09. The maximum Gasteiger partial charge on any atom is 0.387 e. The number of esters is 1. The van der Waals surface area contributed by atoms with E-state index >= 15 is 0 Å². The summed E-state index contributed by atoms with van der Waals surface area (Å²) >= 11 is 0. The van der Waals surface area contributed by atoms with Crippen LogP contribution in [-0.2, 0) is 19.6 Å². The van der Waals surface area contributed by atoms with E-state index in [2.05, 4.69) is 0 Å². The van der Waals surface area contributed by atoms with Gasteiger partial charge in [-0.25, -0.2) is 0 Å². The van der Waals surface area contributed by atoms with Gasteiger partial charge in [0.05, 0.1) is 6.61 Å². The summed E-state index contributed by atoms with van der Waals surface area (Å²) in [6.45, 7) is 1.18. The van der Waals surface area contributed by atoms with Crippen molar-refractivity contribution in [2.24, 2.45) is 0 Å². The maximum atomic E-state index is 15.0. The Hall–Kier alpha value is -2.10. The van der Waals surface area contributed by atoms with Crippen LogP contribution in [0.2, 0.25) is 0 Å². The van der Waals surface area contributed by atoms with Crippen molar-refractivity contribution in [3.8, 4) is 0 Å². The third-order valence-corrected chi connectivity index (χ3v) is 6.01. The Morgan fingerprint density at radius 2 is 1.30 bits per heavy atom. The molecule has 3 aromatic carbocycles. The van der Waals surface area contributed by atoms with Crippen molar-refractivity contribution < 1.29 is 31.3 Å². The predicted molar refractivity (Wildman–Crippen MR) is 122 cm³/mol. The molecule has 0 saturated carbocycles. The number of benzene rings is 3. The first kappa shape index (κ1) is 27.1. The SMILES string of the molecule is CCOC(=O)C(c1ccccc1C(c1ccccc1)c1ccccc1)C(F)(F)S(=O)(=O)O.[Na]. The van der Waals surface area contributed by atoms with E-state index < -0.39 is 33.2 Å². The number of alkyl halides is 2. The van der Waals surface area contributed by atoms with Crippen LogP contribution in [-0.4, -0.2) is 60.4 Å². The van der Waals surface area contributed by atoms with Gasteiger partial charge in [0, 0.05) is 35.5 Å². The molecule has 0 amide bonds. The normalized spacial score (nSPS) is 12.6. The summed E-state index contributed by atoms with van der Waals surface area (Å²) in [6, 6.07) is 23.9. The molecule has 0 spiro atoms. The molecule has 1 N–H and O–H groups in total. The third kappa shape index (κ3) is 5.88. The molecular formula is C24H22F2NaO5S. The van der Waals surface area contributed by atoms with E-state index in [1.54, 1.807) is 36.4 Å². The second kappa shape index (κ2) is 11.4. The van der Waals surface area contributed by atoms with Gasteiger partial charge in [-0.3, -0.25) is 9.35 Å². The van der Waals surface area contributed by atoms with Crippen LogP contribution in [0.3, 0.4) is 0 Å². The standard InChI is InChI=1S/C24H22F2O5S.Na/c1-2-31-23(27)22(24(25,26)32(28,29)30)20-16-10-9-15-19(20)21(17-11-5-3-6-12-17)18-13-7-4-8-14-18;/h3-16,21-22H,2H2,1H3,(H,28,29,30);. The van der Waals surface area contributed by atoms with Gasteiger partial charge in [-0.05, 0) is 29.2 Å². The van der Waals surface area contributed by atoms with Crippen LogP contribution in [0.25, 0.3) is 0 Å². The van der Waals surface area contributed by atoms with Gasteiger partial charge in [0.2, 0.25) is 0 Å². The molecule has 1 unspecified atom stereocenters. The molecule has 1 atom stereocenters. The Balaban J connectivity index is 0.00000385. The first-order chi connectivity index (χ1) is 15.2. The Labute approximate surface area is 213 Å². The van der Waals surface area contributed by atoms with E-state index in [1.165, 1.54) is 19.1 Å². The largest absolute Gasteiger partial charge is 0.465 e. The van der Waals surface area contributed by atoms with Gasteiger partial charge >= 0.3 is 21.3 Å². The van der Waals surface area contributed by atoms with E-state index in [4.69, 9.17) is 4.74 Å². The van der Waals surface area contributed by atoms with Crippen molar-refractivity contribution in [3.05, 3.63) is 107 Å². The second-order valence-electron chi connectivity index (χ2n) is 7.11. The Kier molecular flexibility index (Phi) is 9.34. The van der Waals surface area contributed by atoms with Gasteiger partial charge in [-0.15, -0.1) is 0 Å². The van der Waals surface area contributed by atoms with Crippen LogP contribution < -0.4 is 0 Å². The first-order valence-electron chi connectivity index (χ1n) is 9.88. The van der Waals surface area contributed by atoms with Crippen LogP contribution in [0.15, 0.2) is 84.9 Å². The van der Waals surface area contributed by atoms with Crippen molar-refractivity contribution in [3.63, 3.8) is 0 Å². The summed E-state index contributed by atoms with van der Waals surface area (Å²) in [7, 11) is -5.92. The molecule has 5 nitrogen and oxygen atoms in total. The molecule has 9 heteroatoms. The molecule has 3 aromatic rings. The summed E-state index contributed by atoms with van der Waals surface area (Å²) in [5.41, 5.74) is 1.56. The molecule has 0 saturated heterocycles. The fraction of sp³-hybridized carbons (Fsp3) is 0.208. The predicted octanol–water partition coefficient (Wildman–Crippen LogP) is 4.61. The van der Waals surface area contributed by atoms with E-state index in [0.29, 0.717) is 5.56 Å². The molecule has 1 radical (unpaired) electrons. The quantitative estimate of drug-likeness (QED) is 0.219. The number of hydrogen-bond donors (Lipinski definition) is 1. The van der Waals surface area contributed by atoms with E-state index in [1.807, 2.05) is 36.4 Å². The van der Waals surface area contributed by atoms with Crippen LogP contribution >= 0.6 is 0 Å². The van der Waals surface area contributed by atoms with Crippen molar-refractivity contribution in [1.29, 1.82) is 0 Å². The van der Waals surface area contributed by atoms with Crippen LogP contribution in [0.1, 0.15) is 41.0 Å². The monoisotopic (exact) mass is 483 g/mol. The molecular weight excluding hydrogens is 461 g/mol. The molecule has 0 aromatic heterocycles. The Bertz CT molecular complexity index is 1130. The summed E-state index contributed by atoms with van der Waals surface area (Å²) in [4.78, 5) is 12.6. The maximum absolute atomic E-state index is 15.0. The van der Waals surface area contributed by atoms with Crippen LogP contribution in [0.5, 0.6) is 0 Å². The summed E-state index contributed by atoms with van der Waals surface area (Å²) in [5, 5.41) is -4.80. The van der Waals surface area contributed by atoms with Gasteiger partial charge in [-0.2, -0.15) is 17.2 Å². The number of halogens is 2. The second-order valence-corrected chi connectivity index (χ2v) is 8.60. The zero-order chi connectivity index (χ0) is 23.4. The Morgan fingerprint density at radius 1 is 0.879 bits per heavy atom. The van der Waals surface area contributed by atoms with Crippen molar-refractivity contribution in [1.82, 2.24) is 0 Å². The molecule has 33 heavy (non-hydrogen) atoms. The van der Waals surface area contributed by atoms with Gasteiger partial charge in [0.15, 0.2) is 5.92 Å². The average molecular weight is 483 g/mol. The van der Waals surface area contributed by atoms with E-state index in [9.17, 15) is 26.5 Å². The van der Waals surface area contributed by atoms with Crippen LogP contribution in [0, 0.1) is 0 Å². The molecule has 0 fully saturated rings.